The van der Waals surface area contributed by atoms with Crippen LogP contribution in [0.5, 0.6) is 5.75 Å². The number of rotatable bonds is 0. The van der Waals surface area contributed by atoms with Crippen LogP contribution in [0.4, 0.5) is 0 Å². The van der Waals surface area contributed by atoms with Gasteiger partial charge in [0.1, 0.15) is 11.4 Å². The van der Waals surface area contributed by atoms with E-state index in [1.54, 1.807) is 0 Å². The zero-order chi connectivity index (χ0) is 16.0. The van der Waals surface area contributed by atoms with Crippen molar-refractivity contribution in [1.82, 2.24) is 0 Å². The standard InChI is InChI=1S/C18H21BrN2O/c1-17(2,3)12-6-7-18(9-12)10-15(21-11-20)14-8-13(19)4-5-16(14)22-18/h4-5,8,12H,6-7,9-10H2,1-3H3/b21-15+. The van der Waals surface area contributed by atoms with Crippen LogP contribution in [0.1, 0.15) is 52.0 Å². The highest BCUT2D eigenvalue weighted by Crippen LogP contribution is 2.50. The molecule has 0 aromatic heterocycles. The number of hydrogen-bond donors (Lipinski definition) is 0. The first-order valence-electron chi connectivity index (χ1n) is 7.78. The Kier molecular flexibility index (Phi) is 3.81. The van der Waals surface area contributed by atoms with Gasteiger partial charge in [-0.15, -0.1) is 0 Å². The minimum atomic E-state index is -0.186. The predicted octanol–water partition coefficient (Wildman–Crippen LogP) is 5.09. The van der Waals surface area contributed by atoms with Crippen LogP contribution >= 0.6 is 15.9 Å². The van der Waals surface area contributed by atoms with Crippen molar-refractivity contribution in [3.8, 4) is 11.9 Å². The first kappa shape index (κ1) is 15.6. The molecule has 0 bridgehead atoms. The van der Waals surface area contributed by atoms with E-state index in [9.17, 15) is 0 Å². The molecule has 1 aliphatic carbocycles. The maximum atomic E-state index is 9.04. The fourth-order valence-corrected chi connectivity index (χ4v) is 4.09. The van der Waals surface area contributed by atoms with Crippen LogP contribution in [0.2, 0.25) is 0 Å². The van der Waals surface area contributed by atoms with Crippen molar-refractivity contribution in [2.75, 3.05) is 0 Å². The zero-order valence-corrected chi connectivity index (χ0v) is 14.9. The number of ether oxygens (including phenoxy) is 1. The van der Waals surface area contributed by atoms with Crippen LogP contribution < -0.4 is 4.74 Å². The lowest BCUT2D eigenvalue weighted by atomic mass is 9.78. The number of halogens is 1. The lowest BCUT2D eigenvalue weighted by molar-refractivity contribution is 0.0648. The van der Waals surface area contributed by atoms with E-state index in [0.717, 1.165) is 40.8 Å². The number of nitriles is 1. The third kappa shape index (κ3) is 2.79. The van der Waals surface area contributed by atoms with Gasteiger partial charge in [-0.1, -0.05) is 36.7 Å². The van der Waals surface area contributed by atoms with Gasteiger partial charge in [0.25, 0.3) is 0 Å². The van der Waals surface area contributed by atoms with Crippen molar-refractivity contribution >= 4 is 21.6 Å². The van der Waals surface area contributed by atoms with Crippen molar-refractivity contribution in [1.29, 1.82) is 5.26 Å². The van der Waals surface area contributed by atoms with E-state index in [1.807, 2.05) is 24.4 Å². The van der Waals surface area contributed by atoms with Crippen LogP contribution in [-0.2, 0) is 0 Å². The third-order valence-electron chi connectivity index (χ3n) is 5.05. The molecule has 0 saturated heterocycles. The summed E-state index contributed by atoms with van der Waals surface area (Å²) in [7, 11) is 0. The molecule has 1 spiro atoms. The van der Waals surface area contributed by atoms with Gasteiger partial charge in [-0.05, 0) is 48.8 Å². The summed E-state index contributed by atoms with van der Waals surface area (Å²) in [6, 6.07) is 5.96. The Morgan fingerprint density at radius 2 is 2.18 bits per heavy atom. The molecule has 0 N–H and O–H groups in total. The summed E-state index contributed by atoms with van der Waals surface area (Å²) in [5.74, 6) is 1.51. The Hall–Kier alpha value is -1.34. The fourth-order valence-electron chi connectivity index (χ4n) is 3.73. The largest absolute Gasteiger partial charge is 0.486 e. The van der Waals surface area contributed by atoms with Gasteiger partial charge in [-0.3, -0.25) is 0 Å². The van der Waals surface area contributed by atoms with E-state index in [1.165, 1.54) is 6.42 Å². The third-order valence-corrected chi connectivity index (χ3v) is 5.54. The molecule has 2 aliphatic rings. The van der Waals surface area contributed by atoms with Gasteiger partial charge in [0.2, 0.25) is 6.19 Å². The molecule has 1 fully saturated rings. The highest BCUT2D eigenvalue weighted by molar-refractivity contribution is 9.10. The van der Waals surface area contributed by atoms with E-state index < -0.39 is 0 Å². The van der Waals surface area contributed by atoms with Crippen LogP contribution in [-0.4, -0.2) is 11.3 Å². The van der Waals surface area contributed by atoms with Crippen LogP contribution in [0.3, 0.4) is 0 Å². The molecule has 116 valence electrons. The van der Waals surface area contributed by atoms with Crippen LogP contribution in [0.15, 0.2) is 27.7 Å². The molecule has 1 aliphatic heterocycles. The Bertz CT molecular complexity index is 669. The molecule has 22 heavy (non-hydrogen) atoms. The number of benzene rings is 1. The van der Waals surface area contributed by atoms with Gasteiger partial charge in [0, 0.05) is 16.5 Å². The monoisotopic (exact) mass is 360 g/mol. The average Bonchev–Trinajstić information content (AvgIpc) is 2.84. The van der Waals surface area contributed by atoms with Crippen molar-refractivity contribution in [3.63, 3.8) is 0 Å². The van der Waals surface area contributed by atoms with E-state index in [-0.39, 0.29) is 5.60 Å². The second-order valence-electron chi connectivity index (χ2n) is 7.57. The molecule has 1 saturated carbocycles. The SMILES string of the molecule is CC(C)(C)C1CCC2(C/C(=N\C#N)c3cc(Br)ccc3O2)C1. The van der Waals surface area contributed by atoms with E-state index in [2.05, 4.69) is 41.7 Å². The maximum absolute atomic E-state index is 9.04. The van der Waals surface area contributed by atoms with E-state index >= 15 is 0 Å². The van der Waals surface area contributed by atoms with Crippen molar-refractivity contribution in [2.24, 2.45) is 16.3 Å². The molecule has 2 unspecified atom stereocenters. The van der Waals surface area contributed by atoms with Gasteiger partial charge >= 0.3 is 0 Å². The topological polar surface area (TPSA) is 45.4 Å². The molecule has 0 amide bonds. The predicted molar refractivity (Wildman–Crippen MR) is 91.1 cm³/mol. The van der Waals surface area contributed by atoms with Gasteiger partial charge in [-0.2, -0.15) is 10.3 Å². The first-order valence-corrected chi connectivity index (χ1v) is 8.57. The van der Waals surface area contributed by atoms with E-state index in [4.69, 9.17) is 10.00 Å². The van der Waals surface area contributed by atoms with Crippen molar-refractivity contribution in [3.05, 3.63) is 28.2 Å². The lowest BCUT2D eigenvalue weighted by Gasteiger charge is -2.37. The Morgan fingerprint density at radius 1 is 1.41 bits per heavy atom. The van der Waals surface area contributed by atoms with Crippen molar-refractivity contribution in [2.45, 2.75) is 52.1 Å². The summed E-state index contributed by atoms with van der Waals surface area (Å²) < 4.78 is 7.41. The summed E-state index contributed by atoms with van der Waals surface area (Å²) in [6.45, 7) is 6.90. The molecule has 1 heterocycles. The lowest BCUT2D eigenvalue weighted by Crippen LogP contribution is -2.40. The van der Waals surface area contributed by atoms with Crippen LogP contribution in [0, 0.1) is 22.8 Å². The highest BCUT2D eigenvalue weighted by atomic mass is 79.9. The molecule has 1 aromatic carbocycles. The Labute approximate surface area is 140 Å². The number of hydrogen-bond acceptors (Lipinski definition) is 3. The number of fused-ring (bicyclic) bond motifs is 1. The van der Waals surface area contributed by atoms with Gasteiger partial charge in [0.05, 0.1) is 5.71 Å². The Balaban J connectivity index is 1.97. The van der Waals surface area contributed by atoms with E-state index in [0.29, 0.717) is 11.3 Å². The fraction of sp³-hybridized carbons (Fsp3) is 0.556. The quantitative estimate of drug-likeness (QED) is 0.605. The highest BCUT2D eigenvalue weighted by Gasteiger charge is 2.48. The smallest absolute Gasteiger partial charge is 0.205 e. The zero-order valence-electron chi connectivity index (χ0n) is 13.3. The van der Waals surface area contributed by atoms with Crippen LogP contribution in [0.25, 0.3) is 0 Å². The molecular formula is C18H21BrN2O. The Morgan fingerprint density at radius 3 is 2.82 bits per heavy atom. The average molecular weight is 361 g/mol. The summed E-state index contributed by atoms with van der Waals surface area (Å²) in [5.41, 5.74) is 1.91. The molecule has 3 nitrogen and oxygen atoms in total. The minimum absolute atomic E-state index is 0.186. The second-order valence-corrected chi connectivity index (χ2v) is 8.48. The number of aliphatic imine (C=N–C) groups is 1. The molecule has 1 aromatic rings. The minimum Gasteiger partial charge on any atom is -0.486 e. The van der Waals surface area contributed by atoms with Gasteiger partial charge in [-0.25, -0.2) is 0 Å². The summed E-state index contributed by atoms with van der Waals surface area (Å²) >= 11 is 3.49. The summed E-state index contributed by atoms with van der Waals surface area (Å²) in [5, 5.41) is 9.04. The maximum Gasteiger partial charge on any atom is 0.205 e. The number of nitrogens with zero attached hydrogens (tertiary/aromatic N) is 2. The molecular weight excluding hydrogens is 340 g/mol. The normalized spacial score (nSPS) is 29.2. The molecule has 0 radical (unpaired) electrons. The molecule has 2 atom stereocenters. The van der Waals surface area contributed by atoms with Crippen molar-refractivity contribution < 1.29 is 4.74 Å². The molecule has 3 rings (SSSR count). The first-order chi connectivity index (χ1) is 10.3. The summed E-state index contributed by atoms with van der Waals surface area (Å²) in [6.07, 6.45) is 5.95. The second kappa shape index (κ2) is 5.38. The molecule has 4 heteroatoms. The summed E-state index contributed by atoms with van der Waals surface area (Å²) in [4.78, 5) is 4.09. The van der Waals surface area contributed by atoms with Gasteiger partial charge < -0.3 is 4.74 Å². The van der Waals surface area contributed by atoms with Gasteiger partial charge in [0.15, 0.2) is 0 Å².